The number of nitrogens with one attached hydrogen (secondary N) is 1. The summed E-state index contributed by atoms with van der Waals surface area (Å²) < 4.78 is 18.9. The number of ether oxygens (including phenoxy) is 1. The highest BCUT2D eigenvalue weighted by atomic mass is 32.2. The monoisotopic (exact) mass is 403 g/mol. The van der Waals surface area contributed by atoms with Gasteiger partial charge in [0.05, 0.1) is 7.11 Å². The maximum Gasteiger partial charge on any atom is 0.210 e. The average molecular weight is 404 g/mol. The second-order valence-corrected chi connectivity index (χ2v) is 7.93. The molecule has 0 radical (unpaired) electrons. The molecule has 1 N–H and O–H groups in total. The van der Waals surface area contributed by atoms with Crippen LogP contribution in [-0.4, -0.2) is 28.8 Å². The highest BCUT2D eigenvalue weighted by molar-refractivity contribution is 8.01. The van der Waals surface area contributed by atoms with Gasteiger partial charge in [-0.3, -0.25) is 4.79 Å². The molecule has 0 aliphatic carbocycles. The van der Waals surface area contributed by atoms with E-state index in [4.69, 9.17) is 4.74 Å². The fourth-order valence-corrected chi connectivity index (χ4v) is 4.10. The molecule has 1 aromatic heterocycles. The van der Waals surface area contributed by atoms with Crippen molar-refractivity contribution in [2.45, 2.75) is 17.2 Å². The third-order valence-electron chi connectivity index (χ3n) is 3.67. The van der Waals surface area contributed by atoms with Crippen molar-refractivity contribution >= 4 is 39.7 Å². The molecule has 0 spiro atoms. The molecule has 0 bridgehead atoms. The highest BCUT2D eigenvalue weighted by Gasteiger charge is 2.08. The number of benzene rings is 2. The van der Waals surface area contributed by atoms with Crippen LogP contribution in [0.4, 0.5) is 15.2 Å². The number of hydrogen-bond donors (Lipinski definition) is 1. The molecule has 0 saturated heterocycles. The summed E-state index contributed by atoms with van der Waals surface area (Å²) in [7, 11) is 1.62. The number of carbonyl (C=O) groups excluding carboxylic acids is 1. The van der Waals surface area contributed by atoms with Gasteiger partial charge < -0.3 is 10.1 Å². The Morgan fingerprint density at radius 3 is 2.81 bits per heavy atom. The van der Waals surface area contributed by atoms with Gasteiger partial charge in [-0.05, 0) is 42.8 Å². The summed E-state index contributed by atoms with van der Waals surface area (Å²) in [5.41, 5.74) is 1.43. The van der Waals surface area contributed by atoms with Crippen LogP contribution in [0.25, 0.3) is 0 Å². The number of Topliss-reactive ketones (excluding diaryl/α,β-unsaturated/α-hetero) is 1. The molecule has 27 heavy (non-hydrogen) atoms. The lowest BCUT2D eigenvalue weighted by molar-refractivity contribution is 0.0982. The quantitative estimate of drug-likeness (QED) is 0.302. The summed E-state index contributed by atoms with van der Waals surface area (Å²) in [6.07, 6.45) is 1.14. The molecule has 1 heterocycles. The van der Waals surface area contributed by atoms with E-state index in [1.807, 2.05) is 24.3 Å². The first-order valence-corrected chi connectivity index (χ1v) is 10.1. The first-order valence-electron chi connectivity index (χ1n) is 8.30. The Hall–Kier alpha value is -2.45. The predicted octanol–water partition coefficient (Wildman–Crippen LogP) is 5.18. The van der Waals surface area contributed by atoms with Crippen molar-refractivity contribution in [3.05, 3.63) is 59.9 Å². The predicted molar refractivity (Wildman–Crippen MR) is 107 cm³/mol. The fraction of sp³-hybridized carbons (Fsp3) is 0.211. The average Bonchev–Trinajstić information content (AvgIpc) is 3.13. The number of anilines is 2. The molecular weight excluding hydrogens is 385 g/mol. The lowest BCUT2D eigenvalue weighted by Gasteiger charge is -2.04. The zero-order chi connectivity index (χ0) is 19.1. The first kappa shape index (κ1) is 19.3. The number of hydrogen-bond acceptors (Lipinski definition) is 7. The minimum atomic E-state index is -0.336. The highest BCUT2D eigenvalue weighted by Crippen LogP contribution is 2.29. The Labute approximate surface area is 165 Å². The van der Waals surface area contributed by atoms with Crippen molar-refractivity contribution in [2.24, 2.45) is 0 Å². The Kier molecular flexibility index (Phi) is 6.78. The first-order chi connectivity index (χ1) is 13.1. The van der Waals surface area contributed by atoms with Crippen LogP contribution in [-0.2, 0) is 0 Å². The van der Waals surface area contributed by atoms with Crippen molar-refractivity contribution in [2.75, 3.05) is 18.2 Å². The molecule has 140 valence electrons. The number of halogens is 1. The second kappa shape index (κ2) is 9.48. The SMILES string of the molecule is COc1cccc(Nc2nnc(SCCCC(=O)c3ccc(F)cc3)s2)c1. The Bertz CT molecular complexity index is 900. The van der Waals surface area contributed by atoms with Gasteiger partial charge in [-0.1, -0.05) is 29.2 Å². The summed E-state index contributed by atoms with van der Waals surface area (Å²) in [5, 5.41) is 12.2. The van der Waals surface area contributed by atoms with Crippen LogP contribution < -0.4 is 10.1 Å². The molecule has 8 heteroatoms. The number of thioether (sulfide) groups is 1. The molecule has 2 aromatic carbocycles. The van der Waals surface area contributed by atoms with E-state index >= 15 is 0 Å². The second-order valence-electron chi connectivity index (χ2n) is 5.61. The van der Waals surface area contributed by atoms with Crippen molar-refractivity contribution in [1.29, 1.82) is 0 Å². The molecule has 0 saturated carbocycles. The van der Waals surface area contributed by atoms with Crippen LogP contribution in [0.5, 0.6) is 5.75 Å². The van der Waals surface area contributed by atoms with E-state index in [-0.39, 0.29) is 11.6 Å². The van der Waals surface area contributed by atoms with Gasteiger partial charge >= 0.3 is 0 Å². The third kappa shape index (κ3) is 5.77. The lowest BCUT2D eigenvalue weighted by Crippen LogP contribution is -1.99. The molecule has 0 amide bonds. The topological polar surface area (TPSA) is 64.1 Å². The van der Waals surface area contributed by atoms with Gasteiger partial charge in [-0.25, -0.2) is 4.39 Å². The maximum atomic E-state index is 12.9. The zero-order valence-corrected chi connectivity index (χ0v) is 16.3. The molecule has 0 atom stereocenters. The van der Waals surface area contributed by atoms with E-state index in [9.17, 15) is 9.18 Å². The van der Waals surface area contributed by atoms with Gasteiger partial charge in [0.2, 0.25) is 5.13 Å². The minimum Gasteiger partial charge on any atom is -0.497 e. The number of carbonyl (C=O) groups is 1. The largest absolute Gasteiger partial charge is 0.497 e. The third-order valence-corrected chi connectivity index (χ3v) is 5.73. The van der Waals surface area contributed by atoms with Crippen molar-refractivity contribution < 1.29 is 13.9 Å². The van der Waals surface area contributed by atoms with Crippen LogP contribution in [0.1, 0.15) is 23.2 Å². The molecule has 0 aliphatic rings. The van der Waals surface area contributed by atoms with Crippen LogP contribution in [0, 0.1) is 5.82 Å². The number of aromatic nitrogens is 2. The van der Waals surface area contributed by atoms with Gasteiger partial charge in [0.25, 0.3) is 0 Å². The summed E-state index contributed by atoms with van der Waals surface area (Å²) >= 11 is 3.03. The zero-order valence-electron chi connectivity index (χ0n) is 14.6. The van der Waals surface area contributed by atoms with Crippen LogP contribution in [0.2, 0.25) is 0 Å². The van der Waals surface area contributed by atoms with Crippen LogP contribution in [0.3, 0.4) is 0 Å². The van der Waals surface area contributed by atoms with Gasteiger partial charge in [-0.15, -0.1) is 10.2 Å². The molecule has 3 aromatic rings. The van der Waals surface area contributed by atoms with E-state index in [0.29, 0.717) is 17.1 Å². The summed E-state index contributed by atoms with van der Waals surface area (Å²) in [4.78, 5) is 12.0. The molecular formula is C19H18FN3O2S2. The van der Waals surface area contributed by atoms with Crippen molar-refractivity contribution in [3.8, 4) is 5.75 Å². The van der Waals surface area contributed by atoms with E-state index in [1.54, 1.807) is 18.9 Å². The Balaban J connectivity index is 1.44. The Morgan fingerprint density at radius 1 is 1.22 bits per heavy atom. The van der Waals surface area contributed by atoms with Gasteiger partial charge in [0, 0.05) is 29.5 Å². The number of methoxy groups -OCH3 is 1. The summed E-state index contributed by atoms with van der Waals surface area (Å²) in [5.74, 6) is 1.22. The minimum absolute atomic E-state index is 0.0215. The van der Waals surface area contributed by atoms with Gasteiger partial charge in [-0.2, -0.15) is 0 Å². The summed E-state index contributed by atoms with van der Waals surface area (Å²) in [6, 6.07) is 13.2. The molecule has 0 fully saturated rings. The van der Waals surface area contributed by atoms with E-state index in [2.05, 4.69) is 15.5 Å². The maximum absolute atomic E-state index is 12.9. The number of ketones is 1. The van der Waals surface area contributed by atoms with E-state index < -0.39 is 0 Å². The van der Waals surface area contributed by atoms with E-state index in [0.717, 1.165) is 28.0 Å². The van der Waals surface area contributed by atoms with Gasteiger partial charge in [0.1, 0.15) is 11.6 Å². The van der Waals surface area contributed by atoms with Gasteiger partial charge in [0.15, 0.2) is 10.1 Å². The number of nitrogens with zero attached hydrogens (tertiary/aromatic N) is 2. The fourth-order valence-electron chi connectivity index (χ4n) is 2.32. The van der Waals surface area contributed by atoms with Crippen molar-refractivity contribution in [1.82, 2.24) is 10.2 Å². The molecule has 5 nitrogen and oxygen atoms in total. The van der Waals surface area contributed by atoms with Crippen LogP contribution in [0.15, 0.2) is 52.9 Å². The van der Waals surface area contributed by atoms with Crippen molar-refractivity contribution in [3.63, 3.8) is 0 Å². The standard InChI is InChI=1S/C19H18FN3O2S2/c1-25-16-5-2-4-15(12-16)21-18-22-23-19(27-18)26-11-3-6-17(24)13-7-9-14(20)10-8-13/h2,4-5,7-10,12H,3,6,11H2,1H3,(H,21,22). The summed E-state index contributed by atoms with van der Waals surface area (Å²) in [6.45, 7) is 0. The van der Waals surface area contributed by atoms with Crippen LogP contribution >= 0.6 is 23.1 Å². The number of rotatable bonds is 9. The Morgan fingerprint density at radius 2 is 2.04 bits per heavy atom. The smallest absolute Gasteiger partial charge is 0.210 e. The van der Waals surface area contributed by atoms with E-state index in [1.165, 1.54) is 35.6 Å². The molecule has 0 aliphatic heterocycles. The normalized spacial score (nSPS) is 10.6. The molecule has 3 rings (SSSR count). The molecule has 0 unspecified atom stereocenters. The lowest BCUT2D eigenvalue weighted by atomic mass is 10.1.